The zero-order valence-electron chi connectivity index (χ0n) is 12.5. The van der Waals surface area contributed by atoms with Gasteiger partial charge in [0.1, 0.15) is 0 Å². The third-order valence-corrected chi connectivity index (χ3v) is 4.94. The number of rotatable bonds is 8. The van der Waals surface area contributed by atoms with Crippen LogP contribution in [-0.4, -0.2) is 26.2 Å². The molecule has 2 unspecified atom stereocenters. The fraction of sp³-hybridized carbons (Fsp3) is 0.600. The highest BCUT2D eigenvalue weighted by atomic mass is 32.2. The number of hydrogen-bond acceptors (Lipinski definition) is 3. The lowest BCUT2D eigenvalue weighted by Crippen LogP contribution is -2.32. The van der Waals surface area contributed by atoms with E-state index < -0.39 is 16.1 Å². The largest absolute Gasteiger partial charge is 0.392 e. The Balaban J connectivity index is 2.73. The molecule has 1 aromatic rings. The van der Waals surface area contributed by atoms with Crippen molar-refractivity contribution in [2.45, 2.75) is 57.0 Å². The molecule has 0 spiro atoms. The van der Waals surface area contributed by atoms with Crippen molar-refractivity contribution < 1.29 is 13.5 Å². The summed E-state index contributed by atoms with van der Waals surface area (Å²) >= 11 is 0. The Hall–Kier alpha value is -0.910. The molecule has 2 atom stereocenters. The second-order valence-electron chi connectivity index (χ2n) is 5.17. The van der Waals surface area contributed by atoms with Crippen molar-refractivity contribution in [2.75, 3.05) is 6.54 Å². The first-order valence-electron chi connectivity index (χ1n) is 7.18. The van der Waals surface area contributed by atoms with E-state index in [4.69, 9.17) is 0 Å². The number of aliphatic hydroxyl groups excluding tert-OH is 1. The molecule has 0 saturated heterocycles. The minimum absolute atomic E-state index is 0.0588. The maximum absolute atomic E-state index is 12.1. The molecular weight excluding hydrogens is 274 g/mol. The van der Waals surface area contributed by atoms with E-state index in [0.717, 1.165) is 18.4 Å². The predicted octanol–water partition coefficient (Wildman–Crippen LogP) is 2.64. The minimum atomic E-state index is -3.53. The van der Waals surface area contributed by atoms with E-state index in [9.17, 15) is 13.5 Å². The maximum atomic E-state index is 12.1. The summed E-state index contributed by atoms with van der Waals surface area (Å²) in [6, 6.07) is 6.95. The Bertz CT molecular complexity index is 496. The molecule has 4 nitrogen and oxygen atoms in total. The Kier molecular flexibility index (Phi) is 6.65. The highest BCUT2D eigenvalue weighted by Crippen LogP contribution is 2.20. The average Bonchev–Trinajstić information content (AvgIpc) is 2.45. The van der Waals surface area contributed by atoms with Gasteiger partial charge in [-0.15, -0.1) is 0 Å². The Morgan fingerprint density at radius 1 is 1.20 bits per heavy atom. The van der Waals surface area contributed by atoms with Crippen molar-refractivity contribution in [1.29, 1.82) is 0 Å². The highest BCUT2D eigenvalue weighted by Gasteiger charge is 2.15. The van der Waals surface area contributed by atoms with Gasteiger partial charge in [0.25, 0.3) is 0 Å². The van der Waals surface area contributed by atoms with Crippen molar-refractivity contribution in [1.82, 2.24) is 4.72 Å². The molecule has 114 valence electrons. The van der Waals surface area contributed by atoms with Crippen molar-refractivity contribution in [3.05, 3.63) is 29.8 Å². The summed E-state index contributed by atoms with van der Waals surface area (Å²) in [5.74, 6) is 0.422. The van der Waals surface area contributed by atoms with Gasteiger partial charge >= 0.3 is 0 Å². The molecule has 0 fully saturated rings. The van der Waals surface area contributed by atoms with Gasteiger partial charge in [-0.05, 0) is 36.5 Å². The first-order chi connectivity index (χ1) is 9.40. The van der Waals surface area contributed by atoms with Crippen molar-refractivity contribution >= 4 is 10.0 Å². The van der Waals surface area contributed by atoms with Crippen LogP contribution in [0.15, 0.2) is 29.2 Å². The first kappa shape index (κ1) is 17.1. The zero-order valence-corrected chi connectivity index (χ0v) is 13.3. The van der Waals surface area contributed by atoms with E-state index in [0.29, 0.717) is 12.3 Å². The number of nitrogens with one attached hydrogen (secondary N) is 1. The van der Waals surface area contributed by atoms with Crippen LogP contribution in [0.3, 0.4) is 0 Å². The monoisotopic (exact) mass is 299 g/mol. The molecule has 2 N–H and O–H groups in total. The van der Waals surface area contributed by atoms with Crippen LogP contribution in [0.25, 0.3) is 0 Å². The summed E-state index contributed by atoms with van der Waals surface area (Å²) in [5.41, 5.74) is 1.14. The Morgan fingerprint density at radius 3 is 2.30 bits per heavy atom. The van der Waals surface area contributed by atoms with Gasteiger partial charge in [0.05, 0.1) is 11.0 Å². The molecule has 0 aromatic heterocycles. The van der Waals surface area contributed by atoms with E-state index in [1.807, 2.05) is 19.1 Å². The number of aliphatic hydroxyl groups is 1. The molecule has 20 heavy (non-hydrogen) atoms. The Labute approximate surface area is 122 Å². The molecule has 0 amide bonds. The third kappa shape index (κ3) is 4.89. The smallest absolute Gasteiger partial charge is 0.240 e. The van der Waals surface area contributed by atoms with Crippen molar-refractivity contribution in [2.24, 2.45) is 0 Å². The van der Waals surface area contributed by atoms with Gasteiger partial charge < -0.3 is 5.11 Å². The van der Waals surface area contributed by atoms with E-state index in [-0.39, 0.29) is 11.4 Å². The molecule has 1 aromatic carbocycles. The van der Waals surface area contributed by atoms with Crippen molar-refractivity contribution in [3.8, 4) is 0 Å². The van der Waals surface area contributed by atoms with Crippen LogP contribution in [0, 0.1) is 0 Å². The lowest BCUT2D eigenvalue weighted by molar-refractivity contribution is 0.167. The number of benzene rings is 1. The topological polar surface area (TPSA) is 66.4 Å². The standard InChI is InChI=1S/C15H25NO3S/c1-4-6-14(17)11-16-20(18,19)15-9-7-13(8-10-15)12(3)5-2/h7-10,12,14,16-17H,4-6,11H2,1-3H3. The lowest BCUT2D eigenvalue weighted by atomic mass is 9.99. The van der Waals surface area contributed by atoms with Crippen molar-refractivity contribution in [3.63, 3.8) is 0 Å². The van der Waals surface area contributed by atoms with Gasteiger partial charge in [0.2, 0.25) is 10.0 Å². The fourth-order valence-electron chi connectivity index (χ4n) is 1.94. The summed E-state index contributed by atoms with van der Waals surface area (Å²) < 4.78 is 26.6. The summed E-state index contributed by atoms with van der Waals surface area (Å²) in [5, 5.41) is 9.58. The van der Waals surface area contributed by atoms with Gasteiger partial charge in [0.15, 0.2) is 0 Å². The number of sulfonamides is 1. The molecule has 0 aliphatic rings. The van der Waals surface area contributed by atoms with Crippen LogP contribution >= 0.6 is 0 Å². The van der Waals surface area contributed by atoms with Gasteiger partial charge in [-0.3, -0.25) is 0 Å². The Morgan fingerprint density at radius 2 is 1.80 bits per heavy atom. The van der Waals surface area contributed by atoms with Crippen LogP contribution in [0.4, 0.5) is 0 Å². The molecule has 0 radical (unpaired) electrons. The van der Waals surface area contributed by atoms with E-state index in [1.54, 1.807) is 12.1 Å². The SMILES string of the molecule is CCCC(O)CNS(=O)(=O)c1ccc(C(C)CC)cc1. The predicted molar refractivity (Wildman–Crippen MR) is 81.3 cm³/mol. The minimum Gasteiger partial charge on any atom is -0.392 e. The van der Waals surface area contributed by atoms with Crippen LogP contribution < -0.4 is 4.72 Å². The van der Waals surface area contributed by atoms with Crippen LogP contribution in [0.5, 0.6) is 0 Å². The summed E-state index contributed by atoms with van der Waals surface area (Å²) in [7, 11) is -3.53. The molecule has 0 aliphatic heterocycles. The average molecular weight is 299 g/mol. The molecular formula is C15H25NO3S. The third-order valence-electron chi connectivity index (χ3n) is 3.50. The highest BCUT2D eigenvalue weighted by molar-refractivity contribution is 7.89. The molecule has 0 heterocycles. The van der Waals surface area contributed by atoms with Crippen LogP contribution in [0.2, 0.25) is 0 Å². The molecule has 0 saturated carbocycles. The normalized spacial score (nSPS) is 15.0. The fourth-order valence-corrected chi connectivity index (χ4v) is 3.01. The van der Waals surface area contributed by atoms with Crippen LogP contribution in [0.1, 0.15) is 51.5 Å². The van der Waals surface area contributed by atoms with Crippen LogP contribution in [-0.2, 0) is 10.0 Å². The molecule has 1 rings (SSSR count). The first-order valence-corrected chi connectivity index (χ1v) is 8.66. The van der Waals surface area contributed by atoms with Gasteiger partial charge in [-0.1, -0.05) is 39.3 Å². The lowest BCUT2D eigenvalue weighted by Gasteiger charge is -2.13. The van der Waals surface area contributed by atoms with E-state index in [2.05, 4.69) is 18.6 Å². The maximum Gasteiger partial charge on any atom is 0.240 e. The quantitative estimate of drug-likeness (QED) is 0.775. The molecule has 5 heteroatoms. The summed E-state index contributed by atoms with van der Waals surface area (Å²) in [6.07, 6.45) is 1.81. The summed E-state index contributed by atoms with van der Waals surface area (Å²) in [4.78, 5) is 0.244. The molecule has 0 aliphatic carbocycles. The van der Waals surface area contributed by atoms with E-state index >= 15 is 0 Å². The van der Waals surface area contributed by atoms with E-state index in [1.165, 1.54) is 0 Å². The van der Waals surface area contributed by atoms with Gasteiger partial charge in [-0.2, -0.15) is 0 Å². The second-order valence-corrected chi connectivity index (χ2v) is 6.94. The number of hydrogen-bond donors (Lipinski definition) is 2. The molecule has 0 bridgehead atoms. The summed E-state index contributed by atoms with van der Waals surface area (Å²) in [6.45, 7) is 6.23. The second kappa shape index (κ2) is 7.76. The van der Waals surface area contributed by atoms with Gasteiger partial charge in [-0.25, -0.2) is 13.1 Å². The zero-order chi connectivity index (χ0) is 15.2. The van der Waals surface area contributed by atoms with Gasteiger partial charge in [0, 0.05) is 6.54 Å².